The van der Waals surface area contributed by atoms with Crippen LogP contribution in [0.5, 0.6) is 0 Å². The lowest BCUT2D eigenvalue weighted by molar-refractivity contribution is 0.597. The fourth-order valence-corrected chi connectivity index (χ4v) is 3.32. The molecule has 0 atom stereocenters. The van der Waals surface area contributed by atoms with Crippen LogP contribution in [0.3, 0.4) is 0 Å². The SMILES string of the molecule is CCNc1cccc(N2CCCS(=O)(=O)CC2)n1. The second-order valence-corrected chi connectivity index (χ2v) is 6.71. The van der Waals surface area contributed by atoms with Gasteiger partial charge in [0.05, 0.1) is 11.5 Å². The summed E-state index contributed by atoms with van der Waals surface area (Å²) < 4.78 is 23.1. The molecule has 18 heavy (non-hydrogen) atoms. The van der Waals surface area contributed by atoms with Gasteiger partial charge >= 0.3 is 0 Å². The summed E-state index contributed by atoms with van der Waals surface area (Å²) in [6.07, 6.45) is 0.676. The van der Waals surface area contributed by atoms with E-state index in [0.717, 1.165) is 24.7 Å². The summed E-state index contributed by atoms with van der Waals surface area (Å²) in [4.78, 5) is 6.54. The van der Waals surface area contributed by atoms with Crippen LogP contribution in [0.25, 0.3) is 0 Å². The number of nitrogens with one attached hydrogen (secondary N) is 1. The molecule has 0 bridgehead atoms. The molecular formula is C12H19N3O2S. The van der Waals surface area contributed by atoms with Crippen LogP contribution in [-0.4, -0.2) is 44.5 Å². The van der Waals surface area contributed by atoms with Crippen molar-refractivity contribution in [3.63, 3.8) is 0 Å². The van der Waals surface area contributed by atoms with Gasteiger partial charge in [0, 0.05) is 19.6 Å². The van der Waals surface area contributed by atoms with Gasteiger partial charge in [-0.25, -0.2) is 13.4 Å². The maximum Gasteiger partial charge on any atom is 0.152 e. The van der Waals surface area contributed by atoms with E-state index in [1.807, 2.05) is 30.0 Å². The zero-order valence-electron chi connectivity index (χ0n) is 10.6. The largest absolute Gasteiger partial charge is 0.370 e. The van der Waals surface area contributed by atoms with Crippen LogP contribution in [0.4, 0.5) is 11.6 Å². The molecule has 0 amide bonds. The minimum atomic E-state index is -2.87. The number of sulfone groups is 1. The summed E-state index contributed by atoms with van der Waals surface area (Å²) in [5.41, 5.74) is 0. The van der Waals surface area contributed by atoms with Crippen molar-refractivity contribution >= 4 is 21.5 Å². The summed E-state index contributed by atoms with van der Waals surface area (Å²) in [6.45, 7) is 4.13. The Kier molecular flexibility index (Phi) is 4.06. The molecule has 6 heteroatoms. The smallest absolute Gasteiger partial charge is 0.152 e. The van der Waals surface area contributed by atoms with Crippen LogP contribution >= 0.6 is 0 Å². The van der Waals surface area contributed by atoms with E-state index >= 15 is 0 Å². The zero-order valence-corrected chi connectivity index (χ0v) is 11.4. The predicted octanol–water partition coefficient (Wildman–Crippen LogP) is 1.14. The Labute approximate surface area is 108 Å². The first-order valence-corrected chi connectivity index (χ1v) is 8.09. The molecule has 1 saturated heterocycles. The van der Waals surface area contributed by atoms with Crippen molar-refractivity contribution < 1.29 is 8.42 Å². The molecule has 0 aliphatic carbocycles. The van der Waals surface area contributed by atoms with Gasteiger partial charge in [0.2, 0.25) is 0 Å². The fourth-order valence-electron chi connectivity index (χ4n) is 2.05. The van der Waals surface area contributed by atoms with Gasteiger partial charge in [0.1, 0.15) is 11.6 Å². The number of rotatable bonds is 3. The molecule has 1 aromatic heterocycles. The van der Waals surface area contributed by atoms with Gasteiger partial charge < -0.3 is 10.2 Å². The third-order valence-electron chi connectivity index (χ3n) is 2.97. The van der Waals surface area contributed by atoms with Crippen LogP contribution in [0.1, 0.15) is 13.3 Å². The molecule has 5 nitrogen and oxygen atoms in total. The topological polar surface area (TPSA) is 62.3 Å². The van der Waals surface area contributed by atoms with Crippen molar-refractivity contribution in [2.45, 2.75) is 13.3 Å². The molecule has 0 unspecified atom stereocenters. The molecule has 0 radical (unpaired) electrons. The van der Waals surface area contributed by atoms with E-state index in [1.54, 1.807) is 0 Å². The molecule has 2 rings (SSSR count). The second kappa shape index (κ2) is 5.56. The number of anilines is 2. The number of aromatic nitrogens is 1. The standard InChI is InChI=1S/C12H19N3O2S/c1-2-13-11-5-3-6-12(14-11)15-7-4-9-18(16,17)10-8-15/h3,5-6H,2,4,7-10H2,1H3,(H,13,14). The van der Waals surface area contributed by atoms with Gasteiger partial charge in [0.25, 0.3) is 0 Å². The highest BCUT2D eigenvalue weighted by atomic mass is 32.2. The summed E-state index contributed by atoms with van der Waals surface area (Å²) in [5.74, 6) is 2.20. The van der Waals surface area contributed by atoms with E-state index in [9.17, 15) is 8.42 Å². The van der Waals surface area contributed by atoms with Crippen molar-refractivity contribution in [1.82, 2.24) is 4.98 Å². The van der Waals surface area contributed by atoms with Crippen LogP contribution in [0.15, 0.2) is 18.2 Å². The maximum absolute atomic E-state index is 11.6. The molecule has 0 spiro atoms. The normalized spacial score (nSPS) is 19.3. The maximum atomic E-state index is 11.6. The van der Waals surface area contributed by atoms with Crippen LogP contribution in [-0.2, 0) is 9.84 Å². The molecule has 1 fully saturated rings. The van der Waals surface area contributed by atoms with E-state index in [2.05, 4.69) is 10.3 Å². The quantitative estimate of drug-likeness (QED) is 0.891. The third kappa shape index (κ3) is 3.35. The molecular weight excluding hydrogens is 250 g/mol. The van der Waals surface area contributed by atoms with Gasteiger partial charge in [-0.3, -0.25) is 0 Å². The second-order valence-electron chi connectivity index (χ2n) is 4.40. The summed E-state index contributed by atoms with van der Waals surface area (Å²) in [5, 5.41) is 3.16. The van der Waals surface area contributed by atoms with Gasteiger partial charge in [-0.15, -0.1) is 0 Å². The molecule has 1 aromatic rings. The van der Waals surface area contributed by atoms with Gasteiger partial charge in [-0.1, -0.05) is 6.07 Å². The van der Waals surface area contributed by atoms with Crippen LogP contribution in [0.2, 0.25) is 0 Å². The highest BCUT2D eigenvalue weighted by Crippen LogP contribution is 2.17. The summed E-state index contributed by atoms with van der Waals surface area (Å²) in [7, 11) is -2.87. The van der Waals surface area contributed by atoms with Gasteiger partial charge in [-0.05, 0) is 25.5 Å². The van der Waals surface area contributed by atoms with Crippen molar-refractivity contribution in [2.75, 3.05) is 41.4 Å². The van der Waals surface area contributed by atoms with E-state index in [1.165, 1.54) is 0 Å². The Morgan fingerprint density at radius 2 is 2.17 bits per heavy atom. The number of pyridine rings is 1. The lowest BCUT2D eigenvalue weighted by Gasteiger charge is -2.21. The number of hydrogen-bond acceptors (Lipinski definition) is 5. The fraction of sp³-hybridized carbons (Fsp3) is 0.583. The van der Waals surface area contributed by atoms with Crippen LogP contribution in [0, 0.1) is 0 Å². The lowest BCUT2D eigenvalue weighted by Crippen LogP contribution is -2.27. The summed E-state index contributed by atoms with van der Waals surface area (Å²) >= 11 is 0. The van der Waals surface area contributed by atoms with Crippen molar-refractivity contribution in [1.29, 1.82) is 0 Å². The van der Waals surface area contributed by atoms with Crippen molar-refractivity contribution in [3.8, 4) is 0 Å². The first kappa shape index (κ1) is 13.1. The van der Waals surface area contributed by atoms with E-state index in [-0.39, 0.29) is 11.5 Å². The molecule has 0 saturated carbocycles. The average molecular weight is 269 g/mol. The zero-order chi connectivity index (χ0) is 13.0. The monoisotopic (exact) mass is 269 g/mol. The van der Waals surface area contributed by atoms with Crippen LogP contribution < -0.4 is 10.2 Å². The highest BCUT2D eigenvalue weighted by Gasteiger charge is 2.19. The van der Waals surface area contributed by atoms with Gasteiger partial charge in [0.15, 0.2) is 9.84 Å². The Morgan fingerprint density at radius 1 is 1.33 bits per heavy atom. The first-order valence-electron chi connectivity index (χ1n) is 6.27. The number of hydrogen-bond donors (Lipinski definition) is 1. The minimum absolute atomic E-state index is 0.222. The minimum Gasteiger partial charge on any atom is -0.370 e. The van der Waals surface area contributed by atoms with E-state index in [0.29, 0.717) is 13.0 Å². The molecule has 1 aliphatic rings. The van der Waals surface area contributed by atoms with E-state index in [4.69, 9.17) is 0 Å². The Balaban J connectivity index is 2.13. The Bertz CT molecular complexity index is 502. The third-order valence-corrected chi connectivity index (χ3v) is 4.69. The molecule has 2 heterocycles. The predicted molar refractivity (Wildman–Crippen MR) is 73.9 cm³/mol. The molecule has 1 aliphatic heterocycles. The number of nitrogens with zero attached hydrogens (tertiary/aromatic N) is 2. The lowest BCUT2D eigenvalue weighted by atomic mass is 10.3. The highest BCUT2D eigenvalue weighted by molar-refractivity contribution is 7.91. The van der Waals surface area contributed by atoms with Crippen molar-refractivity contribution in [3.05, 3.63) is 18.2 Å². The first-order chi connectivity index (χ1) is 8.61. The van der Waals surface area contributed by atoms with E-state index < -0.39 is 9.84 Å². The Hall–Kier alpha value is -1.30. The Morgan fingerprint density at radius 3 is 2.94 bits per heavy atom. The van der Waals surface area contributed by atoms with Crippen molar-refractivity contribution in [2.24, 2.45) is 0 Å². The van der Waals surface area contributed by atoms with Gasteiger partial charge in [-0.2, -0.15) is 0 Å². The molecule has 100 valence electrons. The molecule has 1 N–H and O–H groups in total. The molecule has 0 aromatic carbocycles. The average Bonchev–Trinajstić information content (AvgIpc) is 2.51. The summed E-state index contributed by atoms with van der Waals surface area (Å²) in [6, 6.07) is 5.79.